The Balaban J connectivity index is 2.02. The third kappa shape index (κ3) is 2.93. The maximum absolute atomic E-state index is 14.3. The van der Waals surface area contributed by atoms with Crippen molar-refractivity contribution in [1.82, 2.24) is 9.38 Å². The van der Waals surface area contributed by atoms with Crippen LogP contribution in [0.4, 0.5) is 8.78 Å². The third-order valence-corrected chi connectivity index (χ3v) is 4.28. The number of aromatic nitrogens is 3. The van der Waals surface area contributed by atoms with Crippen LogP contribution in [0.25, 0.3) is 16.8 Å². The van der Waals surface area contributed by atoms with Crippen LogP contribution in [0.3, 0.4) is 0 Å². The van der Waals surface area contributed by atoms with E-state index in [2.05, 4.69) is 4.98 Å². The molecule has 0 saturated carbocycles. The van der Waals surface area contributed by atoms with Crippen molar-refractivity contribution in [2.24, 2.45) is 0 Å². The summed E-state index contributed by atoms with van der Waals surface area (Å²) in [6, 6.07) is 13.3. The Bertz CT molecular complexity index is 1200. The second kappa shape index (κ2) is 6.60. The molecule has 27 heavy (non-hydrogen) atoms. The minimum atomic E-state index is -0.655. The van der Waals surface area contributed by atoms with Gasteiger partial charge in [0.15, 0.2) is 0 Å². The molecule has 3 heterocycles. The van der Waals surface area contributed by atoms with Crippen molar-refractivity contribution in [1.29, 1.82) is 0 Å². The highest BCUT2D eigenvalue weighted by molar-refractivity contribution is 5.67. The molecule has 0 spiro atoms. The van der Waals surface area contributed by atoms with Crippen molar-refractivity contribution in [3.63, 3.8) is 0 Å². The van der Waals surface area contributed by atoms with E-state index < -0.39 is 23.2 Å². The Labute approximate surface area is 152 Å². The number of nitrogens with zero attached hydrogens (tertiary/aromatic N) is 3. The molecule has 0 aliphatic carbocycles. The zero-order valence-corrected chi connectivity index (χ0v) is 14.0. The molecule has 0 bridgehead atoms. The molecule has 3 aromatic heterocycles. The van der Waals surface area contributed by atoms with Crippen molar-refractivity contribution in [2.75, 3.05) is 0 Å². The molecule has 0 radical (unpaired) electrons. The monoisotopic (exact) mass is 365 g/mol. The molecule has 0 amide bonds. The maximum atomic E-state index is 14.3. The predicted molar refractivity (Wildman–Crippen MR) is 92.0 cm³/mol. The van der Waals surface area contributed by atoms with Gasteiger partial charge in [0.25, 0.3) is 5.65 Å². The molecular weight excluding hydrogens is 352 g/mol. The molecule has 0 fully saturated rings. The van der Waals surface area contributed by atoms with Crippen LogP contribution in [-0.4, -0.2) is 9.38 Å². The lowest BCUT2D eigenvalue weighted by atomic mass is 10.1. The summed E-state index contributed by atoms with van der Waals surface area (Å²) >= 11 is 0. The van der Waals surface area contributed by atoms with E-state index in [0.29, 0.717) is 11.2 Å². The van der Waals surface area contributed by atoms with Crippen molar-refractivity contribution < 1.29 is 18.5 Å². The lowest BCUT2D eigenvalue weighted by Crippen LogP contribution is -2.44. The fraction of sp³-hybridized carbons (Fsp3) is 0.0500. The van der Waals surface area contributed by atoms with Crippen molar-refractivity contribution in [3.8, 4) is 17.0 Å². The molecule has 4 rings (SSSR count). The van der Waals surface area contributed by atoms with Gasteiger partial charge in [0.1, 0.15) is 17.9 Å². The van der Waals surface area contributed by atoms with Gasteiger partial charge in [-0.2, -0.15) is 8.79 Å². The first-order valence-electron chi connectivity index (χ1n) is 8.16. The molecule has 7 heteroatoms. The predicted octanol–water partition coefficient (Wildman–Crippen LogP) is 2.05. The highest BCUT2D eigenvalue weighted by Crippen LogP contribution is 2.24. The number of rotatable bonds is 3. The van der Waals surface area contributed by atoms with E-state index in [4.69, 9.17) is 0 Å². The standard InChI is InChI=1S/C20H13F2N3O2/c21-15-6-2-1-5-14(15)18-19(26)24-10-4-3-7-17(24)25(20(18)27)12-13-8-9-16(22)23-11-13/h1-11H,12H2. The zero-order chi connectivity index (χ0) is 19.0. The van der Waals surface area contributed by atoms with E-state index in [1.807, 2.05) is 0 Å². The molecule has 0 aliphatic heterocycles. The first kappa shape index (κ1) is 16.8. The SMILES string of the molecule is O=c1c(-c2ccccc2F)c([O-])[n+](Cc2ccc(F)nc2)c2ccccn12. The lowest BCUT2D eigenvalue weighted by Gasteiger charge is -2.17. The van der Waals surface area contributed by atoms with E-state index in [1.54, 1.807) is 24.3 Å². The summed E-state index contributed by atoms with van der Waals surface area (Å²) in [5, 5.41) is 13.1. The van der Waals surface area contributed by atoms with Crippen molar-refractivity contribution >= 4 is 5.65 Å². The molecule has 4 aromatic rings. The van der Waals surface area contributed by atoms with E-state index in [-0.39, 0.29) is 17.7 Å². The van der Waals surface area contributed by atoms with Crippen LogP contribution in [0.2, 0.25) is 0 Å². The number of hydrogen-bond acceptors (Lipinski definition) is 3. The number of fused-ring (bicyclic) bond motifs is 1. The van der Waals surface area contributed by atoms with Crippen LogP contribution in [0, 0.1) is 11.8 Å². The largest absolute Gasteiger partial charge is 0.842 e. The molecule has 0 aliphatic rings. The molecule has 1 aromatic carbocycles. The maximum Gasteiger partial charge on any atom is 0.349 e. The fourth-order valence-electron chi connectivity index (χ4n) is 3.01. The summed E-state index contributed by atoms with van der Waals surface area (Å²) in [7, 11) is 0. The fourth-order valence-corrected chi connectivity index (χ4v) is 3.01. The third-order valence-electron chi connectivity index (χ3n) is 4.28. The molecule has 0 atom stereocenters. The topological polar surface area (TPSA) is 61.3 Å². The van der Waals surface area contributed by atoms with Gasteiger partial charge in [0.2, 0.25) is 5.95 Å². The van der Waals surface area contributed by atoms with Gasteiger partial charge in [-0.3, -0.25) is 0 Å². The normalized spacial score (nSPS) is 11.0. The van der Waals surface area contributed by atoms with Gasteiger partial charge in [0.05, 0.1) is 12.1 Å². The van der Waals surface area contributed by atoms with Crippen LogP contribution in [-0.2, 0) is 6.54 Å². The van der Waals surface area contributed by atoms with Gasteiger partial charge < -0.3 is 5.11 Å². The summed E-state index contributed by atoms with van der Waals surface area (Å²) in [4.78, 5) is 16.5. The van der Waals surface area contributed by atoms with E-state index in [1.165, 1.54) is 51.7 Å². The average molecular weight is 365 g/mol. The summed E-state index contributed by atoms with van der Waals surface area (Å²) in [6.07, 6.45) is 2.83. The second-order valence-electron chi connectivity index (χ2n) is 5.97. The van der Waals surface area contributed by atoms with Crippen LogP contribution in [0.1, 0.15) is 5.56 Å². The summed E-state index contributed by atoms with van der Waals surface area (Å²) in [6.45, 7) is 0.0569. The van der Waals surface area contributed by atoms with Gasteiger partial charge in [-0.05, 0) is 24.3 Å². The summed E-state index contributed by atoms with van der Waals surface area (Å²) < 4.78 is 30.0. The Morgan fingerprint density at radius 3 is 2.56 bits per heavy atom. The van der Waals surface area contributed by atoms with Crippen LogP contribution < -0.4 is 15.2 Å². The Kier molecular flexibility index (Phi) is 4.12. The summed E-state index contributed by atoms with van der Waals surface area (Å²) in [5.74, 6) is -1.91. The number of benzene rings is 1. The highest BCUT2D eigenvalue weighted by Gasteiger charge is 2.21. The van der Waals surface area contributed by atoms with E-state index in [9.17, 15) is 18.7 Å². The van der Waals surface area contributed by atoms with Crippen molar-refractivity contribution in [3.05, 3.63) is 94.7 Å². The Morgan fingerprint density at radius 1 is 1.04 bits per heavy atom. The average Bonchev–Trinajstić information content (AvgIpc) is 2.68. The lowest BCUT2D eigenvalue weighted by molar-refractivity contribution is -0.708. The minimum Gasteiger partial charge on any atom is -0.842 e. The number of pyridine rings is 2. The van der Waals surface area contributed by atoms with Crippen LogP contribution in [0.5, 0.6) is 5.88 Å². The summed E-state index contributed by atoms with van der Waals surface area (Å²) in [5.41, 5.74) is -0.00270. The molecular formula is C20H13F2N3O2. The minimum absolute atomic E-state index is 0.0569. The second-order valence-corrected chi connectivity index (χ2v) is 5.97. The van der Waals surface area contributed by atoms with Gasteiger partial charge in [0, 0.05) is 23.4 Å². The van der Waals surface area contributed by atoms with Gasteiger partial charge in [-0.15, -0.1) is 0 Å². The van der Waals surface area contributed by atoms with E-state index >= 15 is 0 Å². The zero-order valence-electron chi connectivity index (χ0n) is 14.0. The quantitative estimate of drug-likeness (QED) is 0.412. The van der Waals surface area contributed by atoms with Crippen LogP contribution in [0.15, 0.2) is 71.8 Å². The van der Waals surface area contributed by atoms with E-state index in [0.717, 1.165) is 0 Å². The van der Waals surface area contributed by atoms with Gasteiger partial charge >= 0.3 is 5.56 Å². The Morgan fingerprint density at radius 2 is 1.81 bits per heavy atom. The molecule has 134 valence electrons. The molecule has 0 unspecified atom stereocenters. The van der Waals surface area contributed by atoms with Crippen LogP contribution >= 0.6 is 0 Å². The first-order chi connectivity index (χ1) is 13.1. The van der Waals surface area contributed by atoms with Crippen molar-refractivity contribution in [2.45, 2.75) is 6.54 Å². The molecule has 5 nitrogen and oxygen atoms in total. The van der Waals surface area contributed by atoms with Gasteiger partial charge in [-0.25, -0.2) is 18.7 Å². The number of hydrogen-bond donors (Lipinski definition) is 0. The Hall–Kier alpha value is -3.61. The first-order valence-corrected chi connectivity index (χ1v) is 8.16. The molecule has 0 saturated heterocycles. The highest BCUT2D eigenvalue weighted by atomic mass is 19.1. The number of halogens is 2. The van der Waals surface area contributed by atoms with Gasteiger partial charge in [-0.1, -0.05) is 24.3 Å². The molecule has 0 N–H and O–H groups in total. The smallest absolute Gasteiger partial charge is 0.349 e.